The van der Waals surface area contributed by atoms with Crippen LogP contribution in [0.5, 0.6) is 5.75 Å². The topological polar surface area (TPSA) is 38.3 Å². The summed E-state index contributed by atoms with van der Waals surface area (Å²) in [5.74, 6) is 0.739. The molecule has 0 bridgehead atoms. The predicted octanol–water partition coefficient (Wildman–Crippen LogP) is 4.67. The van der Waals surface area contributed by atoms with Gasteiger partial charge in [-0.2, -0.15) is 0 Å². The first-order valence-corrected chi connectivity index (χ1v) is 7.72. The number of hydrogen-bond donors (Lipinski definition) is 1. The standard InChI is InChI=1S/C17H15Cl2NO2/c1-22-13-5-2-11(3-6-13)17(8-9-17)16(21)20-15-7-4-12(18)10-14(15)19/h2-7,10H,8-9H2,1H3,(H,20,21). The summed E-state index contributed by atoms with van der Waals surface area (Å²) in [6.45, 7) is 0. The van der Waals surface area contributed by atoms with E-state index in [1.165, 1.54) is 0 Å². The molecule has 3 rings (SSSR count). The third kappa shape index (κ3) is 2.79. The van der Waals surface area contributed by atoms with Crippen molar-refractivity contribution in [2.24, 2.45) is 0 Å². The molecule has 0 heterocycles. The zero-order valence-electron chi connectivity index (χ0n) is 12.0. The molecule has 2 aromatic carbocycles. The molecule has 0 atom stereocenters. The van der Waals surface area contributed by atoms with Gasteiger partial charge in [-0.25, -0.2) is 0 Å². The van der Waals surface area contributed by atoms with Crippen LogP contribution in [0.15, 0.2) is 42.5 Å². The maximum Gasteiger partial charge on any atom is 0.235 e. The fraction of sp³-hybridized carbons (Fsp3) is 0.235. The average molecular weight is 336 g/mol. The monoisotopic (exact) mass is 335 g/mol. The highest BCUT2D eigenvalue weighted by atomic mass is 35.5. The molecule has 0 unspecified atom stereocenters. The van der Waals surface area contributed by atoms with Crippen LogP contribution in [0.1, 0.15) is 18.4 Å². The van der Waals surface area contributed by atoms with Crippen LogP contribution in [0.2, 0.25) is 10.0 Å². The number of ether oxygens (including phenoxy) is 1. The molecule has 5 heteroatoms. The minimum absolute atomic E-state index is 0.0399. The van der Waals surface area contributed by atoms with Crippen molar-refractivity contribution in [2.45, 2.75) is 18.3 Å². The highest BCUT2D eigenvalue weighted by Crippen LogP contribution is 2.49. The second kappa shape index (κ2) is 5.82. The normalized spacial score (nSPS) is 15.2. The van der Waals surface area contributed by atoms with E-state index in [4.69, 9.17) is 27.9 Å². The first-order chi connectivity index (χ1) is 10.5. The lowest BCUT2D eigenvalue weighted by molar-refractivity contribution is -0.118. The molecule has 0 radical (unpaired) electrons. The van der Waals surface area contributed by atoms with Crippen molar-refractivity contribution in [1.82, 2.24) is 0 Å². The Hall–Kier alpha value is -1.71. The fourth-order valence-corrected chi connectivity index (χ4v) is 2.97. The summed E-state index contributed by atoms with van der Waals surface area (Å²) in [6, 6.07) is 12.7. The van der Waals surface area contributed by atoms with E-state index < -0.39 is 5.41 Å². The molecule has 22 heavy (non-hydrogen) atoms. The van der Waals surface area contributed by atoms with Crippen LogP contribution in [0.3, 0.4) is 0 Å². The molecule has 3 nitrogen and oxygen atoms in total. The summed E-state index contributed by atoms with van der Waals surface area (Å²) in [4.78, 5) is 12.7. The lowest BCUT2D eigenvalue weighted by Crippen LogP contribution is -2.27. The second-order valence-corrected chi connectivity index (χ2v) is 6.23. The van der Waals surface area contributed by atoms with Crippen molar-refractivity contribution in [3.8, 4) is 5.75 Å². The van der Waals surface area contributed by atoms with Gasteiger partial charge in [-0.15, -0.1) is 0 Å². The third-order valence-electron chi connectivity index (χ3n) is 4.01. The number of nitrogens with one attached hydrogen (secondary N) is 1. The van der Waals surface area contributed by atoms with Gasteiger partial charge in [0.1, 0.15) is 5.75 Å². The van der Waals surface area contributed by atoms with E-state index in [1.54, 1.807) is 25.3 Å². The number of hydrogen-bond acceptors (Lipinski definition) is 2. The Morgan fingerprint density at radius 1 is 1.14 bits per heavy atom. The van der Waals surface area contributed by atoms with E-state index >= 15 is 0 Å². The third-order valence-corrected chi connectivity index (χ3v) is 4.55. The van der Waals surface area contributed by atoms with Crippen molar-refractivity contribution in [2.75, 3.05) is 12.4 Å². The van der Waals surface area contributed by atoms with Gasteiger partial charge in [0.25, 0.3) is 0 Å². The van der Waals surface area contributed by atoms with Gasteiger partial charge in [0.2, 0.25) is 5.91 Å². The zero-order valence-corrected chi connectivity index (χ0v) is 13.5. The molecular formula is C17H15Cl2NO2. The molecular weight excluding hydrogens is 321 g/mol. The largest absolute Gasteiger partial charge is 0.497 e. The zero-order chi connectivity index (χ0) is 15.7. The Balaban J connectivity index is 1.81. The van der Waals surface area contributed by atoms with E-state index in [1.807, 2.05) is 24.3 Å². The summed E-state index contributed by atoms with van der Waals surface area (Å²) in [5.41, 5.74) is 1.11. The molecule has 114 valence electrons. The first-order valence-electron chi connectivity index (χ1n) is 6.96. The van der Waals surface area contributed by atoms with Crippen LogP contribution in [-0.2, 0) is 10.2 Å². The van der Waals surface area contributed by atoms with Crippen molar-refractivity contribution in [3.05, 3.63) is 58.1 Å². The van der Waals surface area contributed by atoms with Crippen LogP contribution in [0.25, 0.3) is 0 Å². The van der Waals surface area contributed by atoms with Gasteiger partial charge in [0, 0.05) is 5.02 Å². The molecule has 1 aliphatic carbocycles. The molecule has 1 aliphatic rings. The average Bonchev–Trinajstić information content (AvgIpc) is 3.32. The van der Waals surface area contributed by atoms with Gasteiger partial charge >= 0.3 is 0 Å². The Morgan fingerprint density at radius 3 is 2.36 bits per heavy atom. The number of methoxy groups -OCH3 is 1. The first kappa shape index (κ1) is 15.2. The van der Waals surface area contributed by atoms with Gasteiger partial charge in [-0.05, 0) is 48.7 Å². The van der Waals surface area contributed by atoms with Crippen molar-refractivity contribution in [3.63, 3.8) is 0 Å². The number of benzene rings is 2. The van der Waals surface area contributed by atoms with Gasteiger partial charge in [-0.1, -0.05) is 35.3 Å². The summed E-state index contributed by atoms with van der Waals surface area (Å²) in [6.07, 6.45) is 1.66. The summed E-state index contributed by atoms with van der Waals surface area (Å²) < 4.78 is 5.15. The Bertz CT molecular complexity index is 709. The number of halogens is 2. The van der Waals surface area contributed by atoms with Crippen LogP contribution >= 0.6 is 23.2 Å². The minimum Gasteiger partial charge on any atom is -0.497 e. The predicted molar refractivity (Wildman–Crippen MR) is 89.0 cm³/mol. The van der Waals surface area contributed by atoms with Crippen LogP contribution in [0, 0.1) is 0 Å². The van der Waals surface area contributed by atoms with Crippen molar-refractivity contribution >= 4 is 34.8 Å². The van der Waals surface area contributed by atoms with Crippen LogP contribution in [-0.4, -0.2) is 13.0 Å². The molecule has 1 N–H and O–H groups in total. The van der Waals surface area contributed by atoms with E-state index in [9.17, 15) is 4.79 Å². The number of anilines is 1. The summed E-state index contributed by atoms with van der Waals surface area (Å²) in [5, 5.41) is 3.88. The molecule has 1 amide bonds. The molecule has 0 aliphatic heterocycles. The van der Waals surface area contributed by atoms with Gasteiger partial charge in [0.05, 0.1) is 23.2 Å². The Kier molecular flexibility index (Phi) is 4.02. The lowest BCUT2D eigenvalue weighted by Gasteiger charge is -2.17. The molecule has 0 spiro atoms. The highest BCUT2D eigenvalue weighted by molar-refractivity contribution is 6.36. The number of carbonyl (C=O) groups excluding carboxylic acids is 1. The Morgan fingerprint density at radius 2 is 1.82 bits per heavy atom. The maximum absolute atomic E-state index is 12.7. The second-order valence-electron chi connectivity index (χ2n) is 5.39. The van der Waals surface area contributed by atoms with Crippen molar-refractivity contribution < 1.29 is 9.53 Å². The van der Waals surface area contributed by atoms with E-state index in [0.29, 0.717) is 15.7 Å². The van der Waals surface area contributed by atoms with Gasteiger partial charge in [0.15, 0.2) is 0 Å². The lowest BCUT2D eigenvalue weighted by atomic mass is 9.95. The number of rotatable bonds is 4. The van der Waals surface area contributed by atoms with Crippen LogP contribution < -0.4 is 10.1 Å². The SMILES string of the molecule is COc1ccc(C2(C(=O)Nc3ccc(Cl)cc3Cl)CC2)cc1. The van der Waals surface area contributed by atoms with Crippen molar-refractivity contribution in [1.29, 1.82) is 0 Å². The maximum atomic E-state index is 12.7. The number of carbonyl (C=O) groups is 1. The molecule has 0 aromatic heterocycles. The van der Waals surface area contributed by atoms with Gasteiger partial charge in [-0.3, -0.25) is 4.79 Å². The Labute approximate surface area is 139 Å². The smallest absolute Gasteiger partial charge is 0.235 e. The number of amides is 1. The van der Waals surface area contributed by atoms with E-state index in [-0.39, 0.29) is 5.91 Å². The highest BCUT2D eigenvalue weighted by Gasteiger charge is 2.51. The molecule has 1 saturated carbocycles. The van der Waals surface area contributed by atoms with Crippen LogP contribution in [0.4, 0.5) is 5.69 Å². The molecule has 0 saturated heterocycles. The minimum atomic E-state index is -0.463. The summed E-state index contributed by atoms with van der Waals surface area (Å²) in [7, 11) is 1.62. The molecule has 1 fully saturated rings. The summed E-state index contributed by atoms with van der Waals surface area (Å²) >= 11 is 12.0. The van der Waals surface area contributed by atoms with E-state index in [2.05, 4.69) is 5.32 Å². The molecule has 2 aromatic rings. The quantitative estimate of drug-likeness (QED) is 0.881. The fourth-order valence-electron chi connectivity index (χ4n) is 2.51. The van der Waals surface area contributed by atoms with Gasteiger partial charge < -0.3 is 10.1 Å². The van der Waals surface area contributed by atoms with E-state index in [0.717, 1.165) is 24.2 Å².